The van der Waals surface area contributed by atoms with E-state index in [1.807, 2.05) is 11.8 Å². The number of carbonyl (C=O) groups is 3. The summed E-state index contributed by atoms with van der Waals surface area (Å²) in [7, 11) is 0. The van der Waals surface area contributed by atoms with Gasteiger partial charge >= 0.3 is 12.1 Å². The van der Waals surface area contributed by atoms with Crippen molar-refractivity contribution in [2.45, 2.75) is 55.0 Å². The maximum atomic E-state index is 15.6. The lowest BCUT2D eigenvalue weighted by molar-refractivity contribution is -0.120. The van der Waals surface area contributed by atoms with E-state index in [9.17, 15) is 24.3 Å². The highest BCUT2D eigenvalue weighted by Crippen LogP contribution is 2.44. The first-order valence-corrected chi connectivity index (χ1v) is 15.0. The number of aromatic carboxylic acids is 1. The first-order chi connectivity index (χ1) is 20.9. The van der Waals surface area contributed by atoms with Gasteiger partial charge in [0, 0.05) is 29.4 Å². The van der Waals surface area contributed by atoms with Crippen LogP contribution < -0.4 is 25.7 Å². The molecule has 0 saturated carbocycles. The van der Waals surface area contributed by atoms with Crippen LogP contribution in [0.25, 0.3) is 10.9 Å². The molecule has 2 fully saturated rings. The molecule has 1 aromatic heterocycles. The number of ketones is 1. The van der Waals surface area contributed by atoms with Crippen LogP contribution in [-0.4, -0.2) is 71.2 Å². The van der Waals surface area contributed by atoms with Crippen LogP contribution in [0.15, 0.2) is 40.2 Å². The predicted molar refractivity (Wildman–Crippen MR) is 159 cm³/mol. The summed E-state index contributed by atoms with van der Waals surface area (Å²) in [6.45, 7) is 4.25. The number of nitrogens with zero attached hydrogens (tertiary/aromatic N) is 3. The minimum atomic E-state index is -1.38. The monoisotopic (exact) mass is 628 g/mol. The first kappa shape index (κ1) is 29.9. The molecule has 3 aromatic rings. The molecule has 0 bridgehead atoms. The quantitative estimate of drug-likeness (QED) is 0.395. The van der Waals surface area contributed by atoms with Gasteiger partial charge in [0.15, 0.2) is 11.6 Å². The average molecular weight is 629 g/mol. The van der Waals surface area contributed by atoms with Gasteiger partial charge in [-0.05, 0) is 51.0 Å². The number of ether oxygens (including phenoxy) is 2. The number of pyridine rings is 1. The number of hydrogen-bond acceptors (Lipinski definition) is 9. The standard InChI is InChI=1S/C30H30F2N4O7S/c1-14-13-42-28-25-18(27(38)19(29(39)40)11-35(14)25)10-21(32)26(28)34-7-5-17(6-8-34)44-23-4-3-16(9-20(23)31)36-12-22(43-30(36)41)24(33)15(2)37/h3-4,9-11,14,17,22,24H,5-8,12-13,33H2,1-2H3,(H,39,40). The van der Waals surface area contributed by atoms with Crippen molar-refractivity contribution in [2.75, 3.05) is 36.0 Å². The zero-order chi connectivity index (χ0) is 31.4. The number of piperidine rings is 1. The van der Waals surface area contributed by atoms with Crippen LogP contribution in [0.3, 0.4) is 0 Å². The minimum Gasteiger partial charge on any atom is -0.487 e. The lowest BCUT2D eigenvalue weighted by Crippen LogP contribution is -2.43. The number of hydrogen-bond donors (Lipinski definition) is 2. The highest BCUT2D eigenvalue weighted by atomic mass is 32.2. The van der Waals surface area contributed by atoms with Crippen molar-refractivity contribution in [3.8, 4) is 5.75 Å². The number of carboxylic acids is 1. The van der Waals surface area contributed by atoms with Crippen molar-refractivity contribution >= 4 is 51.9 Å². The summed E-state index contributed by atoms with van der Waals surface area (Å²) in [6, 6.07) is 4.34. The highest BCUT2D eigenvalue weighted by molar-refractivity contribution is 8.00. The van der Waals surface area contributed by atoms with E-state index in [-0.39, 0.29) is 47.0 Å². The molecule has 2 aromatic carbocycles. The van der Waals surface area contributed by atoms with Gasteiger partial charge in [0.1, 0.15) is 41.6 Å². The number of carbonyl (C=O) groups excluding carboxylic acids is 2. The number of nitrogens with two attached hydrogens (primary N) is 1. The molecule has 232 valence electrons. The molecular weight excluding hydrogens is 598 g/mol. The molecule has 44 heavy (non-hydrogen) atoms. The molecule has 3 atom stereocenters. The summed E-state index contributed by atoms with van der Waals surface area (Å²) < 4.78 is 43.6. The van der Waals surface area contributed by atoms with E-state index in [2.05, 4.69) is 0 Å². The smallest absolute Gasteiger partial charge is 0.414 e. The summed E-state index contributed by atoms with van der Waals surface area (Å²) in [6.07, 6.45) is 0.990. The molecule has 0 aliphatic carbocycles. The van der Waals surface area contributed by atoms with Gasteiger partial charge in [0.05, 0.1) is 29.2 Å². The van der Waals surface area contributed by atoms with Crippen LogP contribution in [0.2, 0.25) is 0 Å². The summed E-state index contributed by atoms with van der Waals surface area (Å²) in [4.78, 5) is 52.0. The van der Waals surface area contributed by atoms with Gasteiger partial charge in [0.25, 0.3) is 0 Å². The van der Waals surface area contributed by atoms with Crippen LogP contribution in [0.4, 0.5) is 25.0 Å². The largest absolute Gasteiger partial charge is 0.487 e. The van der Waals surface area contributed by atoms with Crippen molar-refractivity contribution in [1.82, 2.24) is 4.57 Å². The summed E-state index contributed by atoms with van der Waals surface area (Å²) in [5.74, 6) is -2.65. The van der Waals surface area contributed by atoms with Crippen molar-refractivity contribution in [2.24, 2.45) is 5.73 Å². The molecule has 3 aliphatic heterocycles. The average Bonchev–Trinajstić information content (AvgIpc) is 3.38. The molecule has 11 nitrogen and oxygen atoms in total. The topological polar surface area (TPSA) is 144 Å². The summed E-state index contributed by atoms with van der Waals surface area (Å²) in [5.41, 5.74) is 5.51. The lowest BCUT2D eigenvalue weighted by atomic mass is 10.0. The lowest BCUT2D eigenvalue weighted by Gasteiger charge is -2.36. The molecule has 3 N–H and O–H groups in total. The van der Waals surface area contributed by atoms with Gasteiger partial charge in [0.2, 0.25) is 5.43 Å². The number of cyclic esters (lactones) is 1. The van der Waals surface area contributed by atoms with E-state index in [1.54, 1.807) is 16.7 Å². The Labute approximate surface area is 254 Å². The molecular formula is C30H30F2N4O7S. The number of amides is 1. The third kappa shape index (κ3) is 5.15. The van der Waals surface area contributed by atoms with Gasteiger partial charge in [-0.2, -0.15) is 0 Å². The second-order valence-corrected chi connectivity index (χ2v) is 12.6. The zero-order valence-electron chi connectivity index (χ0n) is 23.9. The number of rotatable bonds is 7. The number of aromatic nitrogens is 1. The van der Waals surface area contributed by atoms with Gasteiger partial charge in [-0.3, -0.25) is 14.5 Å². The molecule has 3 aliphatic rings. The molecule has 0 spiro atoms. The fraction of sp³-hybridized carbons (Fsp3) is 0.400. The molecule has 6 rings (SSSR count). The zero-order valence-corrected chi connectivity index (χ0v) is 24.7. The van der Waals surface area contributed by atoms with E-state index in [1.165, 1.54) is 35.8 Å². The van der Waals surface area contributed by atoms with E-state index >= 15 is 8.78 Å². The Morgan fingerprint density at radius 2 is 1.86 bits per heavy atom. The van der Waals surface area contributed by atoms with Crippen molar-refractivity contribution in [3.63, 3.8) is 0 Å². The van der Waals surface area contributed by atoms with Gasteiger partial charge in [-0.1, -0.05) is 0 Å². The number of halogens is 2. The number of carboxylic acid groups (broad SMARTS) is 1. The van der Waals surface area contributed by atoms with Crippen LogP contribution in [0.1, 0.15) is 43.1 Å². The molecule has 0 radical (unpaired) electrons. The Balaban J connectivity index is 1.17. The number of thioether (sulfide) groups is 1. The van der Waals surface area contributed by atoms with Crippen LogP contribution in [0, 0.1) is 11.6 Å². The fourth-order valence-corrected chi connectivity index (χ4v) is 7.06. The number of anilines is 2. The Bertz CT molecular complexity index is 1760. The maximum Gasteiger partial charge on any atom is 0.414 e. The van der Waals surface area contributed by atoms with Crippen molar-refractivity contribution < 1.29 is 37.7 Å². The van der Waals surface area contributed by atoms with E-state index in [0.29, 0.717) is 42.0 Å². The second-order valence-electron chi connectivity index (χ2n) is 11.3. The molecule has 14 heteroatoms. The highest BCUT2D eigenvalue weighted by Gasteiger charge is 2.38. The molecule has 2 saturated heterocycles. The van der Waals surface area contributed by atoms with Crippen molar-refractivity contribution in [1.29, 1.82) is 0 Å². The third-order valence-corrected chi connectivity index (χ3v) is 9.75. The first-order valence-electron chi connectivity index (χ1n) is 14.2. The van der Waals surface area contributed by atoms with E-state index in [4.69, 9.17) is 15.2 Å². The van der Waals surface area contributed by atoms with E-state index in [0.717, 1.165) is 6.07 Å². The Morgan fingerprint density at radius 3 is 2.52 bits per heavy atom. The minimum absolute atomic E-state index is 0.0263. The number of benzene rings is 2. The fourth-order valence-electron chi connectivity index (χ4n) is 5.93. The molecule has 1 amide bonds. The van der Waals surface area contributed by atoms with Crippen LogP contribution >= 0.6 is 11.8 Å². The molecule has 4 heterocycles. The summed E-state index contributed by atoms with van der Waals surface area (Å²) in [5, 5.41) is 9.49. The Hall–Kier alpha value is -4.17. The van der Waals surface area contributed by atoms with Gasteiger partial charge in [-0.25, -0.2) is 18.4 Å². The SMILES string of the molecule is CC(=O)C(N)C1CN(c2ccc(SC3CCN(c4c(F)cc5c(=O)c(C(=O)O)cn6c5c4OCC6C)CC3)c(F)c2)C(=O)O1. The van der Waals surface area contributed by atoms with Crippen molar-refractivity contribution in [3.05, 3.63) is 57.9 Å². The summed E-state index contributed by atoms with van der Waals surface area (Å²) >= 11 is 1.36. The third-order valence-electron chi connectivity index (χ3n) is 8.36. The Kier molecular flexibility index (Phi) is 7.74. The van der Waals surface area contributed by atoms with Crippen LogP contribution in [0.5, 0.6) is 5.75 Å². The van der Waals surface area contributed by atoms with E-state index < -0.39 is 46.8 Å². The predicted octanol–water partition coefficient (Wildman–Crippen LogP) is 3.93. The van der Waals surface area contributed by atoms with Crippen LogP contribution in [-0.2, 0) is 9.53 Å². The van der Waals surface area contributed by atoms with Gasteiger partial charge < -0.3 is 29.8 Å². The normalized spacial score (nSPS) is 20.9. The molecule has 3 unspecified atom stereocenters. The number of Topliss-reactive ketones (excluding diaryl/α,β-unsaturated/α-hetero) is 1. The van der Waals surface area contributed by atoms with Gasteiger partial charge in [-0.15, -0.1) is 11.8 Å². The second kappa shape index (κ2) is 11.4. The Morgan fingerprint density at radius 1 is 1.14 bits per heavy atom. The maximum absolute atomic E-state index is 15.6.